The third kappa shape index (κ3) is 6.67. The summed E-state index contributed by atoms with van der Waals surface area (Å²) < 4.78 is 10.7. The van der Waals surface area contributed by atoms with Crippen molar-refractivity contribution in [1.82, 2.24) is 5.32 Å². The molecule has 1 unspecified atom stereocenters. The van der Waals surface area contributed by atoms with Gasteiger partial charge < -0.3 is 19.9 Å². The van der Waals surface area contributed by atoms with Crippen molar-refractivity contribution in [3.8, 4) is 5.75 Å². The highest BCUT2D eigenvalue weighted by molar-refractivity contribution is 5.64. The van der Waals surface area contributed by atoms with Crippen LogP contribution in [0.5, 0.6) is 5.75 Å². The molecule has 0 aliphatic rings. The largest absolute Gasteiger partial charge is 0.491 e. The summed E-state index contributed by atoms with van der Waals surface area (Å²) in [6, 6.07) is 7.54. The van der Waals surface area contributed by atoms with Crippen molar-refractivity contribution >= 4 is 6.09 Å². The van der Waals surface area contributed by atoms with E-state index < -0.39 is 6.09 Å². The van der Waals surface area contributed by atoms with E-state index in [0.717, 1.165) is 11.3 Å². The number of rotatable bonds is 8. The summed E-state index contributed by atoms with van der Waals surface area (Å²) in [6.45, 7) is 5.58. The van der Waals surface area contributed by atoms with Crippen LogP contribution in [-0.2, 0) is 11.2 Å². The molecular formula is C14H21NO4. The molecule has 19 heavy (non-hydrogen) atoms. The van der Waals surface area contributed by atoms with Crippen LogP contribution in [-0.4, -0.2) is 37.1 Å². The molecule has 106 valence electrons. The zero-order valence-electron chi connectivity index (χ0n) is 11.4. The summed E-state index contributed by atoms with van der Waals surface area (Å²) in [4.78, 5) is 10.5. The Morgan fingerprint density at radius 1 is 1.32 bits per heavy atom. The molecule has 1 amide bonds. The number of carbonyl (C=O) groups is 1. The molecule has 0 saturated carbocycles. The minimum Gasteiger partial charge on any atom is -0.491 e. The minimum absolute atomic E-state index is 0.109. The third-order valence-electron chi connectivity index (χ3n) is 2.54. The molecule has 0 saturated heterocycles. The number of amides is 1. The quantitative estimate of drug-likeness (QED) is 0.709. The fourth-order valence-electron chi connectivity index (χ4n) is 1.70. The minimum atomic E-state index is -0.997. The van der Waals surface area contributed by atoms with Gasteiger partial charge in [-0.25, -0.2) is 4.79 Å². The van der Waals surface area contributed by atoms with E-state index in [2.05, 4.69) is 5.32 Å². The van der Waals surface area contributed by atoms with Crippen LogP contribution in [0.3, 0.4) is 0 Å². The lowest BCUT2D eigenvalue weighted by atomic mass is 10.1. The smallest absolute Gasteiger partial charge is 0.404 e. The van der Waals surface area contributed by atoms with E-state index >= 15 is 0 Å². The molecule has 1 aromatic carbocycles. The fraction of sp³-hybridized carbons (Fsp3) is 0.500. The molecule has 1 atom stereocenters. The van der Waals surface area contributed by atoms with Gasteiger partial charge in [-0.05, 0) is 38.0 Å². The summed E-state index contributed by atoms with van der Waals surface area (Å²) >= 11 is 0. The SMILES string of the molecule is CCOCCOc1ccc(CC(C)NC(=O)O)cc1. The molecule has 0 radical (unpaired) electrons. The van der Waals surface area contributed by atoms with Gasteiger partial charge in [-0.15, -0.1) is 0 Å². The number of nitrogens with one attached hydrogen (secondary N) is 1. The van der Waals surface area contributed by atoms with Gasteiger partial charge in [0, 0.05) is 12.6 Å². The number of carboxylic acid groups (broad SMARTS) is 1. The molecule has 0 aliphatic heterocycles. The van der Waals surface area contributed by atoms with Crippen molar-refractivity contribution in [3.05, 3.63) is 29.8 Å². The second kappa shape index (κ2) is 8.37. The highest BCUT2D eigenvalue weighted by Crippen LogP contribution is 2.13. The maximum Gasteiger partial charge on any atom is 0.404 e. The van der Waals surface area contributed by atoms with E-state index in [-0.39, 0.29) is 6.04 Å². The van der Waals surface area contributed by atoms with Crippen molar-refractivity contribution in [2.24, 2.45) is 0 Å². The average molecular weight is 267 g/mol. The zero-order chi connectivity index (χ0) is 14.1. The molecule has 0 fully saturated rings. The van der Waals surface area contributed by atoms with Crippen LogP contribution in [0.2, 0.25) is 0 Å². The van der Waals surface area contributed by atoms with Crippen LogP contribution in [0, 0.1) is 0 Å². The Labute approximate surface area is 113 Å². The zero-order valence-corrected chi connectivity index (χ0v) is 11.4. The monoisotopic (exact) mass is 267 g/mol. The van der Waals surface area contributed by atoms with Crippen molar-refractivity contribution in [2.45, 2.75) is 26.3 Å². The summed E-state index contributed by atoms with van der Waals surface area (Å²) in [5.74, 6) is 0.794. The molecular weight excluding hydrogens is 246 g/mol. The van der Waals surface area contributed by atoms with Gasteiger partial charge in [-0.3, -0.25) is 0 Å². The lowest BCUT2D eigenvalue weighted by Gasteiger charge is -2.12. The summed E-state index contributed by atoms with van der Waals surface area (Å²) in [7, 11) is 0. The van der Waals surface area contributed by atoms with E-state index in [9.17, 15) is 4.79 Å². The maximum atomic E-state index is 10.5. The Hall–Kier alpha value is -1.75. The lowest BCUT2D eigenvalue weighted by molar-refractivity contribution is 0.110. The Kier molecular flexibility index (Phi) is 6.74. The van der Waals surface area contributed by atoms with Crippen LogP contribution in [0.4, 0.5) is 4.79 Å². The highest BCUT2D eigenvalue weighted by Gasteiger charge is 2.06. The fourth-order valence-corrected chi connectivity index (χ4v) is 1.70. The first-order valence-corrected chi connectivity index (χ1v) is 6.40. The predicted molar refractivity (Wildman–Crippen MR) is 72.8 cm³/mol. The van der Waals surface area contributed by atoms with Gasteiger partial charge in [0.15, 0.2) is 0 Å². The standard InChI is InChI=1S/C14H21NO4/c1-3-18-8-9-19-13-6-4-12(5-7-13)10-11(2)15-14(16)17/h4-7,11,15H,3,8-10H2,1-2H3,(H,16,17). The average Bonchev–Trinajstić information content (AvgIpc) is 2.35. The predicted octanol–water partition coefficient (Wildman–Crippen LogP) is 2.30. The molecule has 0 aliphatic carbocycles. The maximum absolute atomic E-state index is 10.5. The van der Waals surface area contributed by atoms with Crippen LogP contribution in [0.1, 0.15) is 19.4 Å². The van der Waals surface area contributed by atoms with Gasteiger partial charge >= 0.3 is 6.09 Å². The Morgan fingerprint density at radius 3 is 2.58 bits per heavy atom. The Balaban J connectivity index is 2.36. The Bertz CT molecular complexity index is 378. The molecule has 1 aromatic rings. The van der Waals surface area contributed by atoms with Gasteiger partial charge in [0.05, 0.1) is 6.61 Å². The van der Waals surface area contributed by atoms with Gasteiger partial charge in [0.1, 0.15) is 12.4 Å². The molecule has 0 bridgehead atoms. The second-order valence-corrected chi connectivity index (χ2v) is 4.24. The lowest BCUT2D eigenvalue weighted by Crippen LogP contribution is -2.32. The normalized spacial score (nSPS) is 11.9. The molecule has 5 nitrogen and oxygen atoms in total. The van der Waals surface area contributed by atoms with Crippen LogP contribution >= 0.6 is 0 Å². The third-order valence-corrected chi connectivity index (χ3v) is 2.54. The van der Waals surface area contributed by atoms with Gasteiger partial charge in [0.25, 0.3) is 0 Å². The summed E-state index contributed by atoms with van der Waals surface area (Å²) in [5, 5.41) is 11.0. The number of hydrogen-bond donors (Lipinski definition) is 2. The molecule has 2 N–H and O–H groups in total. The first kappa shape index (κ1) is 15.3. The van der Waals surface area contributed by atoms with Crippen LogP contribution < -0.4 is 10.1 Å². The van der Waals surface area contributed by atoms with Crippen LogP contribution in [0.15, 0.2) is 24.3 Å². The van der Waals surface area contributed by atoms with Gasteiger partial charge in [-0.1, -0.05) is 12.1 Å². The van der Waals surface area contributed by atoms with Crippen molar-refractivity contribution in [1.29, 1.82) is 0 Å². The summed E-state index contributed by atoms with van der Waals surface area (Å²) in [6.07, 6.45) is -0.339. The van der Waals surface area contributed by atoms with Crippen molar-refractivity contribution in [2.75, 3.05) is 19.8 Å². The first-order chi connectivity index (χ1) is 9.11. The number of benzene rings is 1. The first-order valence-electron chi connectivity index (χ1n) is 6.40. The number of hydrogen-bond acceptors (Lipinski definition) is 3. The molecule has 0 spiro atoms. The van der Waals surface area contributed by atoms with E-state index in [4.69, 9.17) is 14.6 Å². The number of ether oxygens (including phenoxy) is 2. The topological polar surface area (TPSA) is 67.8 Å². The van der Waals surface area contributed by atoms with E-state index in [1.807, 2.05) is 38.1 Å². The van der Waals surface area contributed by atoms with Gasteiger partial charge in [-0.2, -0.15) is 0 Å². The van der Waals surface area contributed by atoms with Crippen molar-refractivity contribution in [3.63, 3.8) is 0 Å². The van der Waals surface area contributed by atoms with Gasteiger partial charge in [0.2, 0.25) is 0 Å². The highest BCUT2D eigenvalue weighted by atomic mass is 16.5. The van der Waals surface area contributed by atoms with Crippen molar-refractivity contribution < 1.29 is 19.4 Å². The molecule has 0 aromatic heterocycles. The molecule has 0 heterocycles. The van der Waals surface area contributed by atoms with E-state index in [0.29, 0.717) is 26.2 Å². The molecule has 1 rings (SSSR count). The summed E-state index contributed by atoms with van der Waals surface area (Å²) in [5.41, 5.74) is 1.07. The Morgan fingerprint density at radius 2 is 2.00 bits per heavy atom. The molecule has 5 heteroatoms. The van der Waals surface area contributed by atoms with Crippen LogP contribution in [0.25, 0.3) is 0 Å². The van der Waals surface area contributed by atoms with E-state index in [1.165, 1.54) is 0 Å². The second-order valence-electron chi connectivity index (χ2n) is 4.24. The van der Waals surface area contributed by atoms with E-state index in [1.54, 1.807) is 0 Å².